The molecule has 0 aromatic carbocycles. The number of alkyl halides is 2. The Labute approximate surface area is 150 Å². The average Bonchev–Trinajstić information content (AvgIpc) is 2.52. The van der Waals surface area contributed by atoms with Crippen molar-refractivity contribution in [3.8, 4) is 0 Å². The maximum absolute atomic E-state index is 11.4. The molecule has 0 aromatic rings. The lowest BCUT2D eigenvalue weighted by Gasteiger charge is -2.08. The van der Waals surface area contributed by atoms with E-state index in [1.165, 1.54) is 0 Å². The summed E-state index contributed by atoms with van der Waals surface area (Å²) in [4.78, 5) is 22.8. The molecule has 0 rings (SSSR count). The molecule has 0 N–H and O–H groups in total. The summed E-state index contributed by atoms with van der Waals surface area (Å²) in [5.41, 5.74) is 0. The maximum Gasteiger partial charge on any atom is 0.307 e. The van der Waals surface area contributed by atoms with Gasteiger partial charge in [0.1, 0.15) is 0 Å². The van der Waals surface area contributed by atoms with Gasteiger partial charge >= 0.3 is 11.9 Å². The molecule has 0 bridgehead atoms. The molecule has 0 aliphatic carbocycles. The first kappa shape index (κ1) is 22.5. The van der Waals surface area contributed by atoms with Crippen LogP contribution in [-0.2, 0) is 19.1 Å². The van der Waals surface area contributed by atoms with Crippen LogP contribution in [0.3, 0.4) is 0 Å². The Morgan fingerprint density at radius 2 is 1.09 bits per heavy atom. The van der Waals surface area contributed by atoms with Gasteiger partial charge in [-0.3, -0.25) is 9.59 Å². The standard InChI is InChI=1S/C17H30Cl2O4/c1-3-14(18)12-16(20)22-10-8-6-5-7-9-11-23-17(21)13-15(19)4-2/h14-15H,3-13H2,1-2H3. The van der Waals surface area contributed by atoms with E-state index in [1.807, 2.05) is 13.8 Å². The molecule has 0 heterocycles. The number of hydrogen-bond acceptors (Lipinski definition) is 4. The summed E-state index contributed by atoms with van der Waals surface area (Å²) in [7, 11) is 0. The minimum Gasteiger partial charge on any atom is -0.466 e. The number of carbonyl (C=O) groups is 2. The molecule has 0 aliphatic rings. The van der Waals surface area contributed by atoms with E-state index in [0.29, 0.717) is 13.2 Å². The zero-order valence-corrected chi connectivity index (χ0v) is 15.8. The number of hydrogen-bond donors (Lipinski definition) is 0. The Hall–Kier alpha value is -0.480. The van der Waals surface area contributed by atoms with E-state index < -0.39 is 0 Å². The molecule has 2 atom stereocenters. The summed E-state index contributed by atoms with van der Waals surface area (Å²) in [6, 6.07) is 0. The predicted octanol–water partition coefficient (Wildman–Crippen LogP) is 4.84. The minimum absolute atomic E-state index is 0.128. The summed E-state index contributed by atoms with van der Waals surface area (Å²) < 4.78 is 10.2. The summed E-state index contributed by atoms with van der Waals surface area (Å²) >= 11 is 11.8. The summed E-state index contributed by atoms with van der Waals surface area (Å²) in [6.45, 7) is 4.80. The fourth-order valence-corrected chi connectivity index (χ4v) is 2.13. The van der Waals surface area contributed by atoms with Crippen LogP contribution in [0.2, 0.25) is 0 Å². The average molecular weight is 369 g/mol. The van der Waals surface area contributed by atoms with Crippen molar-refractivity contribution in [3.63, 3.8) is 0 Å². The van der Waals surface area contributed by atoms with Crippen LogP contribution in [0.25, 0.3) is 0 Å². The second kappa shape index (κ2) is 15.1. The highest BCUT2D eigenvalue weighted by atomic mass is 35.5. The van der Waals surface area contributed by atoms with Gasteiger partial charge in [0.05, 0.1) is 26.1 Å². The number of carbonyl (C=O) groups excluding carboxylic acids is 2. The van der Waals surface area contributed by atoms with Crippen molar-refractivity contribution < 1.29 is 19.1 Å². The van der Waals surface area contributed by atoms with Gasteiger partial charge in [-0.05, 0) is 25.7 Å². The van der Waals surface area contributed by atoms with Crippen molar-refractivity contribution in [1.82, 2.24) is 0 Å². The van der Waals surface area contributed by atoms with Crippen molar-refractivity contribution >= 4 is 35.1 Å². The van der Waals surface area contributed by atoms with Gasteiger partial charge in [-0.1, -0.05) is 33.1 Å². The highest BCUT2D eigenvalue weighted by Crippen LogP contribution is 2.10. The van der Waals surface area contributed by atoms with Gasteiger partial charge in [0.15, 0.2) is 0 Å². The second-order valence-electron chi connectivity index (χ2n) is 5.63. The normalized spacial score (nSPS) is 13.4. The first-order valence-corrected chi connectivity index (χ1v) is 9.46. The monoisotopic (exact) mass is 368 g/mol. The fourth-order valence-electron chi connectivity index (χ4n) is 1.87. The van der Waals surface area contributed by atoms with E-state index >= 15 is 0 Å². The van der Waals surface area contributed by atoms with Crippen molar-refractivity contribution in [1.29, 1.82) is 0 Å². The zero-order valence-electron chi connectivity index (χ0n) is 14.3. The Kier molecular flexibility index (Phi) is 14.8. The van der Waals surface area contributed by atoms with Crippen molar-refractivity contribution in [2.45, 2.75) is 82.4 Å². The molecule has 0 fully saturated rings. The SMILES string of the molecule is CCC(Cl)CC(=O)OCCCCCCCOC(=O)CC(Cl)CC. The van der Waals surface area contributed by atoms with Crippen LogP contribution in [0.15, 0.2) is 0 Å². The molecular weight excluding hydrogens is 339 g/mol. The van der Waals surface area contributed by atoms with Gasteiger partial charge in [-0.2, -0.15) is 0 Å². The van der Waals surface area contributed by atoms with E-state index in [1.54, 1.807) is 0 Å². The maximum atomic E-state index is 11.4. The topological polar surface area (TPSA) is 52.6 Å². The van der Waals surface area contributed by atoms with Crippen molar-refractivity contribution in [3.05, 3.63) is 0 Å². The largest absolute Gasteiger partial charge is 0.466 e. The van der Waals surface area contributed by atoms with E-state index in [-0.39, 0.29) is 35.5 Å². The van der Waals surface area contributed by atoms with Crippen LogP contribution in [0.1, 0.15) is 71.6 Å². The second-order valence-corrected chi connectivity index (χ2v) is 6.86. The zero-order chi connectivity index (χ0) is 17.5. The van der Waals surface area contributed by atoms with Gasteiger partial charge in [-0.15, -0.1) is 23.2 Å². The molecule has 136 valence electrons. The highest BCUT2D eigenvalue weighted by Gasteiger charge is 2.10. The third-order valence-corrected chi connectivity index (χ3v) is 4.40. The molecule has 0 aliphatic heterocycles. The number of rotatable bonds is 14. The molecule has 0 spiro atoms. The summed E-state index contributed by atoms with van der Waals surface area (Å²) in [5, 5.41) is -0.256. The van der Waals surface area contributed by atoms with Crippen molar-refractivity contribution in [2.75, 3.05) is 13.2 Å². The third-order valence-electron chi connectivity index (χ3n) is 3.48. The first-order chi connectivity index (χ1) is 11.0. The van der Waals surface area contributed by atoms with Gasteiger partial charge < -0.3 is 9.47 Å². The Morgan fingerprint density at radius 3 is 1.43 bits per heavy atom. The number of halogens is 2. The van der Waals surface area contributed by atoms with E-state index in [0.717, 1.165) is 44.9 Å². The molecule has 0 radical (unpaired) electrons. The van der Waals surface area contributed by atoms with E-state index in [9.17, 15) is 9.59 Å². The molecule has 2 unspecified atom stereocenters. The summed E-state index contributed by atoms with van der Waals surface area (Å²) in [5.74, 6) is -0.438. The van der Waals surface area contributed by atoms with Crippen LogP contribution < -0.4 is 0 Å². The van der Waals surface area contributed by atoms with Crippen LogP contribution in [0, 0.1) is 0 Å². The lowest BCUT2D eigenvalue weighted by molar-refractivity contribution is -0.144. The van der Waals surface area contributed by atoms with Gasteiger partial charge in [0.2, 0.25) is 0 Å². The van der Waals surface area contributed by atoms with Crippen molar-refractivity contribution in [2.24, 2.45) is 0 Å². The molecule has 6 heteroatoms. The first-order valence-electron chi connectivity index (χ1n) is 8.58. The van der Waals surface area contributed by atoms with Crippen LogP contribution in [0.4, 0.5) is 0 Å². The molecule has 0 saturated heterocycles. The van der Waals surface area contributed by atoms with E-state index in [2.05, 4.69) is 0 Å². The lowest BCUT2D eigenvalue weighted by Crippen LogP contribution is -2.12. The highest BCUT2D eigenvalue weighted by molar-refractivity contribution is 6.21. The molecule has 23 heavy (non-hydrogen) atoms. The number of unbranched alkanes of at least 4 members (excludes halogenated alkanes) is 4. The van der Waals surface area contributed by atoms with Gasteiger partial charge in [0.25, 0.3) is 0 Å². The molecule has 0 aromatic heterocycles. The van der Waals surface area contributed by atoms with Crippen LogP contribution >= 0.6 is 23.2 Å². The van der Waals surface area contributed by atoms with Gasteiger partial charge in [0, 0.05) is 10.8 Å². The van der Waals surface area contributed by atoms with Gasteiger partial charge in [-0.25, -0.2) is 0 Å². The smallest absolute Gasteiger partial charge is 0.307 e. The molecule has 0 saturated carbocycles. The quantitative estimate of drug-likeness (QED) is 0.250. The Bertz CT molecular complexity index is 294. The lowest BCUT2D eigenvalue weighted by atomic mass is 10.1. The number of ether oxygens (including phenoxy) is 2. The fraction of sp³-hybridized carbons (Fsp3) is 0.882. The molecule has 0 amide bonds. The minimum atomic E-state index is -0.219. The molecular formula is C17H30Cl2O4. The Morgan fingerprint density at radius 1 is 0.739 bits per heavy atom. The summed E-state index contributed by atoms with van der Waals surface area (Å²) in [6.07, 6.45) is 6.85. The van der Waals surface area contributed by atoms with Crippen LogP contribution in [-0.4, -0.2) is 35.9 Å². The predicted molar refractivity (Wildman–Crippen MR) is 94.1 cm³/mol. The third kappa shape index (κ3) is 14.8. The number of esters is 2. The molecule has 4 nitrogen and oxygen atoms in total. The van der Waals surface area contributed by atoms with E-state index in [4.69, 9.17) is 32.7 Å². The Balaban J connectivity index is 3.34. The van der Waals surface area contributed by atoms with Crippen LogP contribution in [0.5, 0.6) is 0 Å².